The van der Waals surface area contributed by atoms with Crippen molar-refractivity contribution in [1.29, 1.82) is 0 Å². The molecule has 0 N–H and O–H groups in total. The average molecular weight is 496 g/mol. The molecule has 9 heteroatoms. The van der Waals surface area contributed by atoms with Crippen LogP contribution in [0.4, 0.5) is 37.7 Å². The van der Waals surface area contributed by atoms with Gasteiger partial charge in [-0.05, 0) is 53.1 Å². The molecule has 0 radical (unpaired) electrons. The number of hydrogen-bond donors (Lipinski definition) is 0. The van der Waals surface area contributed by atoms with Gasteiger partial charge in [0.15, 0.2) is 0 Å². The third-order valence-electron chi connectivity index (χ3n) is 5.59. The van der Waals surface area contributed by atoms with Gasteiger partial charge < -0.3 is 14.5 Å². The Morgan fingerprint density at radius 3 is 1.46 bits per heavy atom. The molecule has 0 atom stereocenters. The standard InChI is InChI=1S/C26H26F6N2O/c1-33(16-25(27,28)29)21-11-7-18(8-12-21)24(20-5-4-6-23(15-20)35-3)19-9-13-22(14-10-19)34(2)17-26(30,31)32/h4-15,24H,16-17H2,1-3H3. The molecule has 3 aromatic carbocycles. The third kappa shape index (κ3) is 7.31. The van der Waals surface area contributed by atoms with Crippen molar-refractivity contribution in [3.05, 3.63) is 89.5 Å². The van der Waals surface area contributed by atoms with Crippen molar-refractivity contribution in [3.63, 3.8) is 0 Å². The number of ether oxygens (including phenoxy) is 1. The number of rotatable bonds is 8. The van der Waals surface area contributed by atoms with Crippen LogP contribution in [0.3, 0.4) is 0 Å². The Labute approximate surface area is 200 Å². The minimum atomic E-state index is -4.32. The van der Waals surface area contributed by atoms with Crippen LogP contribution >= 0.6 is 0 Å². The van der Waals surface area contributed by atoms with Crippen LogP contribution in [0.5, 0.6) is 5.75 Å². The van der Waals surface area contributed by atoms with Gasteiger partial charge in [0.2, 0.25) is 0 Å². The minimum Gasteiger partial charge on any atom is -0.497 e. The maximum atomic E-state index is 12.8. The van der Waals surface area contributed by atoms with Gasteiger partial charge in [-0.25, -0.2) is 0 Å². The zero-order valence-corrected chi connectivity index (χ0v) is 19.5. The Hall–Kier alpha value is -3.36. The summed E-state index contributed by atoms with van der Waals surface area (Å²) in [5, 5.41) is 0. The van der Waals surface area contributed by atoms with Gasteiger partial charge in [-0.1, -0.05) is 36.4 Å². The zero-order valence-electron chi connectivity index (χ0n) is 19.5. The lowest BCUT2D eigenvalue weighted by Crippen LogP contribution is -2.30. The van der Waals surface area contributed by atoms with E-state index in [-0.39, 0.29) is 5.92 Å². The van der Waals surface area contributed by atoms with Gasteiger partial charge >= 0.3 is 12.4 Å². The molecule has 0 saturated heterocycles. The van der Waals surface area contributed by atoms with E-state index < -0.39 is 25.4 Å². The van der Waals surface area contributed by atoms with E-state index in [0.717, 1.165) is 26.5 Å². The Bertz CT molecular complexity index is 1030. The smallest absolute Gasteiger partial charge is 0.405 e. The van der Waals surface area contributed by atoms with Crippen LogP contribution in [0.15, 0.2) is 72.8 Å². The first kappa shape index (κ1) is 26.2. The van der Waals surface area contributed by atoms with Crippen molar-refractivity contribution in [1.82, 2.24) is 0 Å². The van der Waals surface area contributed by atoms with Crippen molar-refractivity contribution in [2.75, 3.05) is 44.1 Å². The van der Waals surface area contributed by atoms with Gasteiger partial charge in [-0.15, -0.1) is 0 Å². The molecule has 0 aliphatic heterocycles. The second-order valence-electron chi connectivity index (χ2n) is 8.34. The van der Waals surface area contributed by atoms with Crippen molar-refractivity contribution in [2.45, 2.75) is 18.3 Å². The molecule has 0 fully saturated rings. The molecule has 0 aliphatic rings. The summed E-state index contributed by atoms with van der Waals surface area (Å²) in [6.45, 7) is -2.14. The van der Waals surface area contributed by atoms with Gasteiger partial charge in [0.1, 0.15) is 18.8 Å². The number of hydrogen-bond acceptors (Lipinski definition) is 3. The molecule has 0 bridgehead atoms. The first-order valence-corrected chi connectivity index (χ1v) is 10.8. The lowest BCUT2D eigenvalue weighted by molar-refractivity contribution is -0.120. The van der Waals surface area contributed by atoms with Crippen LogP contribution in [0.1, 0.15) is 22.6 Å². The van der Waals surface area contributed by atoms with E-state index >= 15 is 0 Å². The molecule has 188 valence electrons. The maximum absolute atomic E-state index is 12.8. The van der Waals surface area contributed by atoms with E-state index in [2.05, 4.69) is 0 Å². The molecule has 3 rings (SSSR count). The second kappa shape index (κ2) is 10.5. The monoisotopic (exact) mass is 496 g/mol. The van der Waals surface area contributed by atoms with Crippen molar-refractivity contribution >= 4 is 11.4 Å². The molecule has 0 saturated carbocycles. The lowest BCUT2D eigenvalue weighted by atomic mass is 9.85. The number of anilines is 2. The quantitative estimate of drug-likeness (QED) is 0.250. The molecule has 0 aromatic heterocycles. The maximum Gasteiger partial charge on any atom is 0.405 e. The highest BCUT2D eigenvalue weighted by Gasteiger charge is 2.30. The van der Waals surface area contributed by atoms with E-state index in [1.807, 2.05) is 18.2 Å². The number of halogens is 6. The number of methoxy groups -OCH3 is 1. The summed E-state index contributed by atoms with van der Waals surface area (Å²) in [5.41, 5.74) is 3.34. The summed E-state index contributed by atoms with van der Waals surface area (Å²) in [7, 11) is 4.29. The molecule has 3 aromatic rings. The molecule has 0 amide bonds. The number of alkyl halides is 6. The topological polar surface area (TPSA) is 15.7 Å². The molecule has 0 aliphatic carbocycles. The Morgan fingerprint density at radius 1 is 0.657 bits per heavy atom. The van der Waals surface area contributed by atoms with Crippen LogP contribution in [0.2, 0.25) is 0 Å². The van der Waals surface area contributed by atoms with Crippen molar-refractivity contribution < 1.29 is 31.1 Å². The van der Waals surface area contributed by atoms with Crippen LogP contribution < -0.4 is 14.5 Å². The fourth-order valence-electron chi connectivity index (χ4n) is 3.96. The molecule has 0 unspecified atom stereocenters. The van der Waals surface area contributed by atoms with E-state index in [1.165, 1.54) is 14.1 Å². The SMILES string of the molecule is COc1cccc(C(c2ccc(N(C)CC(F)(F)F)cc2)c2ccc(N(C)CC(F)(F)F)cc2)c1. The van der Waals surface area contributed by atoms with Crippen LogP contribution in [0, 0.1) is 0 Å². The summed E-state index contributed by atoms with van der Waals surface area (Å²) in [6, 6.07) is 20.9. The van der Waals surface area contributed by atoms with Crippen LogP contribution in [-0.4, -0.2) is 46.6 Å². The van der Waals surface area contributed by atoms with Gasteiger partial charge in [0.05, 0.1) is 7.11 Å². The highest BCUT2D eigenvalue weighted by molar-refractivity contribution is 5.54. The van der Waals surface area contributed by atoms with Gasteiger partial charge in [-0.3, -0.25) is 0 Å². The van der Waals surface area contributed by atoms with Crippen molar-refractivity contribution in [2.24, 2.45) is 0 Å². The first-order valence-electron chi connectivity index (χ1n) is 10.8. The van der Waals surface area contributed by atoms with Crippen LogP contribution in [0.25, 0.3) is 0 Å². The van der Waals surface area contributed by atoms with E-state index in [4.69, 9.17) is 4.74 Å². The zero-order chi connectivity index (χ0) is 25.8. The molecular weight excluding hydrogens is 470 g/mol. The van der Waals surface area contributed by atoms with E-state index in [0.29, 0.717) is 17.1 Å². The molecule has 3 nitrogen and oxygen atoms in total. The summed E-state index contributed by atoms with van der Waals surface area (Å²) >= 11 is 0. The largest absolute Gasteiger partial charge is 0.497 e. The Morgan fingerprint density at radius 2 is 1.09 bits per heavy atom. The second-order valence-corrected chi connectivity index (χ2v) is 8.34. The highest BCUT2D eigenvalue weighted by Crippen LogP contribution is 2.35. The Balaban J connectivity index is 1.96. The summed E-state index contributed by atoms with van der Waals surface area (Å²) in [6.07, 6.45) is -8.64. The minimum absolute atomic E-state index is 0.311. The fraction of sp³-hybridized carbons (Fsp3) is 0.308. The van der Waals surface area contributed by atoms with Gasteiger partial charge in [0, 0.05) is 31.4 Å². The van der Waals surface area contributed by atoms with E-state index in [9.17, 15) is 26.3 Å². The Kier molecular flexibility index (Phi) is 7.87. The predicted molar refractivity (Wildman–Crippen MR) is 125 cm³/mol. The van der Waals surface area contributed by atoms with Gasteiger partial charge in [-0.2, -0.15) is 26.3 Å². The summed E-state index contributed by atoms with van der Waals surface area (Å²) in [5.74, 6) is 0.324. The number of benzene rings is 3. The fourth-order valence-corrected chi connectivity index (χ4v) is 3.96. The lowest BCUT2D eigenvalue weighted by Gasteiger charge is -2.24. The third-order valence-corrected chi connectivity index (χ3v) is 5.59. The molecule has 0 spiro atoms. The molecular formula is C26H26F6N2O. The average Bonchev–Trinajstić information content (AvgIpc) is 2.78. The predicted octanol–water partition coefficient (Wildman–Crippen LogP) is 6.87. The normalized spacial score (nSPS) is 12.1. The summed E-state index contributed by atoms with van der Waals surface area (Å²) < 4.78 is 82.0. The van der Waals surface area contributed by atoms with Crippen LogP contribution in [-0.2, 0) is 0 Å². The first-order chi connectivity index (χ1) is 16.4. The summed E-state index contributed by atoms with van der Waals surface area (Å²) in [4.78, 5) is 2.24. The van der Waals surface area contributed by atoms with E-state index in [1.54, 1.807) is 61.7 Å². The van der Waals surface area contributed by atoms with Gasteiger partial charge in [0.25, 0.3) is 0 Å². The molecule has 35 heavy (non-hydrogen) atoms. The number of nitrogens with zero attached hydrogens (tertiary/aromatic N) is 2. The van der Waals surface area contributed by atoms with Crippen molar-refractivity contribution in [3.8, 4) is 5.75 Å². The highest BCUT2D eigenvalue weighted by atomic mass is 19.4. The molecule has 0 heterocycles.